The number of aliphatic hydroxyl groups excluding tert-OH is 1. The summed E-state index contributed by atoms with van der Waals surface area (Å²) in [5, 5.41) is 18.8. The van der Waals surface area contributed by atoms with E-state index in [0.717, 1.165) is 16.7 Å². The summed E-state index contributed by atoms with van der Waals surface area (Å²) in [7, 11) is 0. The zero-order valence-corrected chi connectivity index (χ0v) is 10.6. The zero-order chi connectivity index (χ0) is 14.0. The number of nitrogens with two attached hydrogens (primary N) is 1. The normalized spacial score (nSPS) is 10.4. The van der Waals surface area contributed by atoms with Gasteiger partial charge in [-0.2, -0.15) is 0 Å². The summed E-state index contributed by atoms with van der Waals surface area (Å²) < 4.78 is 0. The number of primary amides is 1. The maximum atomic E-state index is 11.1. The molecule has 1 amide bonds. The van der Waals surface area contributed by atoms with E-state index < -0.39 is 5.91 Å². The third-order valence-corrected chi connectivity index (χ3v) is 2.98. The van der Waals surface area contributed by atoms with E-state index in [1.807, 2.05) is 6.92 Å². The predicted molar refractivity (Wildman–Crippen MR) is 72.7 cm³/mol. The van der Waals surface area contributed by atoms with Crippen LogP contribution < -0.4 is 5.73 Å². The van der Waals surface area contributed by atoms with Gasteiger partial charge in [0.15, 0.2) is 0 Å². The first-order chi connectivity index (χ1) is 9.01. The maximum absolute atomic E-state index is 11.1. The van der Waals surface area contributed by atoms with Gasteiger partial charge in [0.25, 0.3) is 0 Å². The number of amides is 1. The molecule has 2 aromatic rings. The second-order valence-electron chi connectivity index (χ2n) is 4.44. The molecule has 0 saturated carbocycles. The molecule has 0 unspecified atom stereocenters. The molecule has 4 nitrogen and oxygen atoms in total. The van der Waals surface area contributed by atoms with Gasteiger partial charge in [-0.3, -0.25) is 4.79 Å². The molecule has 2 aromatic carbocycles. The molecule has 98 valence electrons. The van der Waals surface area contributed by atoms with Crippen LogP contribution in [0.2, 0.25) is 0 Å². The summed E-state index contributed by atoms with van der Waals surface area (Å²) in [5.41, 5.74) is 8.86. The average molecular weight is 257 g/mol. The van der Waals surface area contributed by atoms with Gasteiger partial charge in [0.05, 0.1) is 6.61 Å². The second kappa shape index (κ2) is 5.12. The minimum absolute atomic E-state index is 0.0972. The van der Waals surface area contributed by atoms with Gasteiger partial charge in [0.2, 0.25) is 5.91 Å². The van der Waals surface area contributed by atoms with Crippen LogP contribution in [0.15, 0.2) is 36.4 Å². The molecule has 0 radical (unpaired) electrons. The highest BCUT2D eigenvalue weighted by Gasteiger charge is 2.08. The molecule has 0 heterocycles. The lowest BCUT2D eigenvalue weighted by molar-refractivity contribution is 0.1000. The first-order valence-electron chi connectivity index (χ1n) is 5.86. The van der Waals surface area contributed by atoms with E-state index >= 15 is 0 Å². The molecule has 0 aliphatic heterocycles. The molecule has 0 spiro atoms. The van der Waals surface area contributed by atoms with Crippen LogP contribution in [0.25, 0.3) is 11.1 Å². The summed E-state index contributed by atoms with van der Waals surface area (Å²) in [4.78, 5) is 11.1. The Bertz CT molecular complexity index is 635. The van der Waals surface area contributed by atoms with Gasteiger partial charge in [-0.15, -0.1) is 0 Å². The average Bonchev–Trinajstić information content (AvgIpc) is 2.37. The highest BCUT2D eigenvalue weighted by molar-refractivity contribution is 5.93. The topological polar surface area (TPSA) is 83.6 Å². The molecule has 0 atom stereocenters. The fourth-order valence-corrected chi connectivity index (χ4v) is 2.06. The van der Waals surface area contributed by atoms with E-state index in [1.165, 1.54) is 6.07 Å². The van der Waals surface area contributed by atoms with Crippen molar-refractivity contribution in [1.29, 1.82) is 0 Å². The Morgan fingerprint density at radius 1 is 1.21 bits per heavy atom. The predicted octanol–water partition coefficient (Wildman–Crippen LogP) is 1.96. The van der Waals surface area contributed by atoms with Crippen molar-refractivity contribution in [3.05, 3.63) is 53.1 Å². The first kappa shape index (κ1) is 13.1. The number of phenolic OH excluding ortho intramolecular Hbond substituents is 1. The molecule has 0 bridgehead atoms. The van der Waals surface area contributed by atoms with Crippen molar-refractivity contribution in [2.75, 3.05) is 0 Å². The largest absolute Gasteiger partial charge is 0.508 e. The van der Waals surface area contributed by atoms with E-state index in [1.54, 1.807) is 30.3 Å². The van der Waals surface area contributed by atoms with Crippen molar-refractivity contribution < 1.29 is 15.0 Å². The quantitative estimate of drug-likeness (QED) is 0.786. The first-order valence-corrected chi connectivity index (χ1v) is 5.86. The molecular formula is C15H15NO3. The van der Waals surface area contributed by atoms with Crippen molar-refractivity contribution in [1.82, 2.24) is 0 Å². The second-order valence-corrected chi connectivity index (χ2v) is 4.44. The van der Waals surface area contributed by atoms with Gasteiger partial charge >= 0.3 is 0 Å². The van der Waals surface area contributed by atoms with E-state index in [9.17, 15) is 9.90 Å². The molecule has 4 heteroatoms. The van der Waals surface area contributed by atoms with Crippen molar-refractivity contribution in [2.45, 2.75) is 13.5 Å². The third-order valence-electron chi connectivity index (χ3n) is 2.98. The molecule has 0 aromatic heterocycles. The van der Waals surface area contributed by atoms with E-state index in [-0.39, 0.29) is 12.4 Å². The Hall–Kier alpha value is -2.33. The maximum Gasteiger partial charge on any atom is 0.248 e. The molecule has 0 fully saturated rings. The third kappa shape index (κ3) is 2.74. The number of aryl methyl sites for hydroxylation is 1. The molecule has 0 saturated heterocycles. The van der Waals surface area contributed by atoms with Crippen molar-refractivity contribution in [2.24, 2.45) is 5.73 Å². The van der Waals surface area contributed by atoms with Gasteiger partial charge in [-0.05, 0) is 59.5 Å². The van der Waals surface area contributed by atoms with Crippen molar-refractivity contribution >= 4 is 5.91 Å². The van der Waals surface area contributed by atoms with Crippen LogP contribution in [0.4, 0.5) is 0 Å². The van der Waals surface area contributed by atoms with Crippen LogP contribution in [-0.4, -0.2) is 16.1 Å². The van der Waals surface area contributed by atoms with Crippen LogP contribution in [0.1, 0.15) is 21.5 Å². The summed E-state index contributed by atoms with van der Waals surface area (Å²) in [6.45, 7) is 1.73. The fourth-order valence-electron chi connectivity index (χ4n) is 2.06. The summed E-state index contributed by atoms with van der Waals surface area (Å²) >= 11 is 0. The standard InChI is InChI=1S/C15H15NO3/c1-9-4-11(15(16)19)2-3-14(9)12-5-10(8-17)6-13(18)7-12/h2-7,17-18H,8H2,1H3,(H2,16,19). The smallest absolute Gasteiger partial charge is 0.248 e. The minimum atomic E-state index is -0.471. The number of aromatic hydroxyl groups is 1. The van der Waals surface area contributed by atoms with Crippen molar-refractivity contribution in [3.8, 4) is 16.9 Å². The van der Waals surface area contributed by atoms with Crippen LogP contribution >= 0.6 is 0 Å². The zero-order valence-electron chi connectivity index (χ0n) is 10.6. The van der Waals surface area contributed by atoms with E-state index in [2.05, 4.69) is 0 Å². The van der Waals surface area contributed by atoms with Crippen molar-refractivity contribution in [3.63, 3.8) is 0 Å². The number of hydrogen-bond donors (Lipinski definition) is 3. The number of aliphatic hydroxyl groups is 1. The van der Waals surface area contributed by atoms with Gasteiger partial charge in [-0.25, -0.2) is 0 Å². The lowest BCUT2D eigenvalue weighted by atomic mass is 9.96. The molecule has 2 rings (SSSR count). The molecule has 0 aliphatic carbocycles. The van der Waals surface area contributed by atoms with Crippen LogP contribution in [0.5, 0.6) is 5.75 Å². The van der Waals surface area contributed by atoms with E-state index in [0.29, 0.717) is 11.1 Å². The lowest BCUT2D eigenvalue weighted by Gasteiger charge is -2.09. The van der Waals surface area contributed by atoms with Gasteiger partial charge in [-0.1, -0.05) is 6.07 Å². The Balaban J connectivity index is 2.53. The highest BCUT2D eigenvalue weighted by Crippen LogP contribution is 2.28. The highest BCUT2D eigenvalue weighted by atomic mass is 16.3. The summed E-state index contributed by atoms with van der Waals surface area (Å²) in [6.07, 6.45) is 0. The Morgan fingerprint density at radius 2 is 1.95 bits per heavy atom. The lowest BCUT2D eigenvalue weighted by Crippen LogP contribution is -2.10. The van der Waals surface area contributed by atoms with Gasteiger partial charge in [0.1, 0.15) is 5.75 Å². The molecule has 19 heavy (non-hydrogen) atoms. The summed E-state index contributed by atoms with van der Waals surface area (Å²) in [6, 6.07) is 10.1. The minimum Gasteiger partial charge on any atom is -0.508 e. The Labute approximate surface area is 111 Å². The monoisotopic (exact) mass is 257 g/mol. The van der Waals surface area contributed by atoms with E-state index in [4.69, 9.17) is 10.8 Å². The van der Waals surface area contributed by atoms with Gasteiger partial charge < -0.3 is 15.9 Å². The van der Waals surface area contributed by atoms with Crippen LogP contribution in [0, 0.1) is 6.92 Å². The Morgan fingerprint density at radius 3 is 2.53 bits per heavy atom. The summed E-state index contributed by atoms with van der Waals surface area (Å²) in [5.74, 6) is -0.374. The number of carbonyl (C=O) groups is 1. The fraction of sp³-hybridized carbons (Fsp3) is 0.133. The molecule has 4 N–H and O–H groups in total. The molecule has 0 aliphatic rings. The van der Waals surface area contributed by atoms with Crippen LogP contribution in [0.3, 0.4) is 0 Å². The molecular weight excluding hydrogens is 242 g/mol. The number of rotatable bonds is 3. The number of phenols is 1. The number of carbonyl (C=O) groups excluding carboxylic acids is 1. The van der Waals surface area contributed by atoms with Gasteiger partial charge in [0, 0.05) is 5.56 Å². The number of hydrogen-bond acceptors (Lipinski definition) is 3. The SMILES string of the molecule is Cc1cc(C(N)=O)ccc1-c1cc(O)cc(CO)c1. The number of benzene rings is 2. The Kier molecular flexibility index (Phi) is 3.53. The van der Waals surface area contributed by atoms with Crippen LogP contribution in [-0.2, 0) is 6.61 Å².